The summed E-state index contributed by atoms with van der Waals surface area (Å²) in [7, 11) is 1.03. The highest BCUT2D eigenvalue weighted by Gasteiger charge is 2.37. The van der Waals surface area contributed by atoms with E-state index in [4.69, 9.17) is 18.0 Å². The molecule has 0 radical (unpaired) electrons. The van der Waals surface area contributed by atoms with Crippen molar-refractivity contribution in [2.24, 2.45) is 0 Å². The molecule has 1 rings (SSSR count). The normalized spacial score (nSPS) is 11.9. The molecule has 0 aliphatic heterocycles. The lowest BCUT2D eigenvalue weighted by atomic mass is 10.3. The van der Waals surface area contributed by atoms with Gasteiger partial charge in [0.1, 0.15) is 11.1 Å². The number of hydrogen-bond acceptors (Lipinski definition) is 5. The van der Waals surface area contributed by atoms with Gasteiger partial charge in [0.05, 0.1) is 26.6 Å². The zero-order valence-corrected chi connectivity index (χ0v) is 18.2. The van der Waals surface area contributed by atoms with E-state index in [1.54, 1.807) is 27.4 Å². The Balaban J connectivity index is 0.00000484. The molecule has 0 amide bonds. The minimum absolute atomic E-state index is 0. The highest BCUT2D eigenvalue weighted by atomic mass is 79.9. The van der Waals surface area contributed by atoms with E-state index in [0.29, 0.717) is 12.7 Å². The fraction of sp³-hybridized carbons (Fsp3) is 0.600. The molecule has 0 aliphatic rings. The Morgan fingerprint density at radius 2 is 1.61 bits per heavy atom. The highest BCUT2D eigenvalue weighted by molar-refractivity contribution is 7.81. The average molecular weight is 427 g/mol. The molecule has 8 heteroatoms. The Morgan fingerprint density at radius 3 is 2.09 bits per heavy atom. The van der Waals surface area contributed by atoms with E-state index in [2.05, 4.69) is 20.0 Å². The molecule has 0 saturated heterocycles. The summed E-state index contributed by atoms with van der Waals surface area (Å²) in [6, 6.07) is 6.01. The molecule has 23 heavy (non-hydrogen) atoms. The van der Waals surface area contributed by atoms with Crippen LogP contribution in [0.25, 0.3) is 0 Å². The maximum atomic E-state index is 9.69. The Labute approximate surface area is 151 Å². The van der Waals surface area contributed by atoms with Gasteiger partial charge in [-0.3, -0.25) is 0 Å². The standard InChI is InChI=1S/C15H27O5PSi.BrH/c1-17-22(18-2,19-3)11-7-10-20-14-9-8-13(16)12-15(14)21(4,5)6;/h8-9,12H,7,10-11H2,1-6H3;1H. The summed E-state index contributed by atoms with van der Waals surface area (Å²) >= 11 is 0. The van der Waals surface area contributed by atoms with Crippen LogP contribution in [0.2, 0.25) is 6.04 Å². The summed E-state index contributed by atoms with van der Waals surface area (Å²) in [5, 5.41) is 10.8. The van der Waals surface area contributed by atoms with Crippen molar-refractivity contribution in [1.29, 1.82) is 0 Å². The van der Waals surface area contributed by atoms with Crippen molar-refractivity contribution in [3.8, 4) is 11.5 Å². The molecule has 0 bridgehead atoms. The van der Waals surface area contributed by atoms with Crippen molar-refractivity contribution in [3.63, 3.8) is 0 Å². The fourth-order valence-electron chi connectivity index (χ4n) is 2.18. The molecule has 0 aromatic heterocycles. The van der Waals surface area contributed by atoms with Crippen LogP contribution in [0.4, 0.5) is 0 Å². The molecule has 5 nitrogen and oxygen atoms in total. The van der Waals surface area contributed by atoms with Crippen molar-refractivity contribution in [2.45, 2.75) is 12.5 Å². The lowest BCUT2D eigenvalue weighted by Gasteiger charge is -2.24. The first kappa shape index (κ1) is 22.8. The summed E-state index contributed by atoms with van der Waals surface area (Å²) in [6.45, 7) is 7.16. The number of aromatic hydroxyl groups is 1. The van der Waals surface area contributed by atoms with Gasteiger partial charge in [0.15, 0.2) is 5.75 Å². The van der Waals surface area contributed by atoms with Gasteiger partial charge < -0.3 is 40.1 Å². The van der Waals surface area contributed by atoms with E-state index in [0.717, 1.165) is 17.5 Å². The van der Waals surface area contributed by atoms with Gasteiger partial charge in [0, 0.05) is 40.7 Å². The van der Waals surface area contributed by atoms with Gasteiger partial charge in [-0.25, -0.2) is 0 Å². The quantitative estimate of drug-likeness (QED) is 0.330. The number of rotatable bonds is 9. The van der Waals surface area contributed by atoms with Gasteiger partial charge in [-0.1, -0.05) is 0 Å². The van der Waals surface area contributed by atoms with E-state index in [-0.39, 0.29) is 22.7 Å². The molecule has 0 atom stereocenters. The largest absolute Gasteiger partial charge is 1.00 e. The van der Waals surface area contributed by atoms with E-state index in [9.17, 15) is 5.11 Å². The van der Waals surface area contributed by atoms with E-state index >= 15 is 0 Å². The van der Waals surface area contributed by atoms with Gasteiger partial charge in [0.2, 0.25) is 0 Å². The molecule has 1 N–H and O–H groups in total. The first-order chi connectivity index (χ1) is 10.3. The van der Waals surface area contributed by atoms with Crippen LogP contribution in [-0.2, 0) is 13.3 Å². The second-order valence-electron chi connectivity index (χ2n) is 5.91. The molecule has 1 aromatic carbocycles. The fourth-order valence-corrected chi connectivity index (χ4v) is 5.19. The molecule has 134 valence electrons. The number of ether oxygens (including phenoxy) is 1. The molecule has 1 aromatic rings. The maximum Gasteiger partial charge on any atom is 0.500 e. The van der Waals surface area contributed by atoms with Crippen molar-refractivity contribution in [3.05, 3.63) is 18.2 Å². The van der Waals surface area contributed by atoms with Gasteiger partial charge in [0.25, 0.3) is 0 Å². The number of benzene rings is 1. The lowest BCUT2D eigenvalue weighted by Crippen LogP contribution is -3.00. The van der Waals surface area contributed by atoms with Crippen LogP contribution in [0.15, 0.2) is 18.2 Å². The highest BCUT2D eigenvalue weighted by Crippen LogP contribution is 2.48. The van der Waals surface area contributed by atoms with Crippen molar-refractivity contribution >= 4 is 21.4 Å². The van der Waals surface area contributed by atoms with Crippen molar-refractivity contribution in [2.75, 3.05) is 47.9 Å². The SMILES string of the molecule is CO[Si](CCCOc1ccc(O)cc1[P+](C)(C)C)(OC)OC.[Br-]. The van der Waals surface area contributed by atoms with Crippen molar-refractivity contribution < 1.29 is 40.1 Å². The van der Waals surface area contributed by atoms with Crippen LogP contribution in [0.1, 0.15) is 6.42 Å². The topological polar surface area (TPSA) is 57.2 Å². The zero-order valence-electron chi connectivity index (χ0n) is 14.8. The second-order valence-corrected chi connectivity index (χ2v) is 13.5. The monoisotopic (exact) mass is 426 g/mol. The van der Waals surface area contributed by atoms with Crippen LogP contribution in [0.5, 0.6) is 11.5 Å². The molecule has 0 unspecified atom stereocenters. The van der Waals surface area contributed by atoms with Crippen LogP contribution >= 0.6 is 7.26 Å². The average Bonchev–Trinajstić information content (AvgIpc) is 2.48. The van der Waals surface area contributed by atoms with Crippen LogP contribution in [-0.4, -0.2) is 61.8 Å². The van der Waals surface area contributed by atoms with Crippen molar-refractivity contribution in [1.82, 2.24) is 0 Å². The van der Waals surface area contributed by atoms with E-state index in [1.807, 2.05) is 12.1 Å². The zero-order chi connectivity index (χ0) is 16.8. The number of phenolic OH excluding ortho intramolecular Hbond substituents is 1. The second kappa shape index (κ2) is 9.96. The molecule has 0 saturated carbocycles. The predicted molar refractivity (Wildman–Crippen MR) is 94.1 cm³/mol. The van der Waals surface area contributed by atoms with Gasteiger partial charge >= 0.3 is 8.80 Å². The van der Waals surface area contributed by atoms with Gasteiger partial charge in [-0.2, -0.15) is 0 Å². The number of halogens is 1. The van der Waals surface area contributed by atoms with E-state index in [1.165, 1.54) is 0 Å². The summed E-state index contributed by atoms with van der Waals surface area (Å²) < 4.78 is 22.1. The van der Waals surface area contributed by atoms with Gasteiger partial charge in [-0.15, -0.1) is 0 Å². The third-order valence-corrected chi connectivity index (χ3v) is 8.11. The predicted octanol–water partition coefficient (Wildman–Crippen LogP) is -0.424. The number of hydrogen-bond donors (Lipinski definition) is 1. The minimum atomic E-state index is -2.53. The Hall–Kier alpha value is -0.173. The van der Waals surface area contributed by atoms with E-state index < -0.39 is 16.1 Å². The molecule has 0 heterocycles. The molecule has 0 aliphatic carbocycles. The lowest BCUT2D eigenvalue weighted by molar-refractivity contribution is -0.0000106. The summed E-state index contributed by atoms with van der Waals surface area (Å²) in [6.07, 6.45) is 0.782. The van der Waals surface area contributed by atoms with Crippen LogP contribution in [0, 0.1) is 0 Å². The first-order valence-corrected chi connectivity index (χ1v) is 12.3. The maximum absolute atomic E-state index is 9.69. The first-order valence-electron chi connectivity index (χ1n) is 7.21. The van der Waals surface area contributed by atoms with Crippen LogP contribution < -0.4 is 27.0 Å². The Kier molecular flexibility index (Phi) is 9.89. The molecule has 0 fully saturated rings. The molecular formula is C15H28BrO5PSi. The smallest absolute Gasteiger partial charge is 0.500 e. The Bertz CT molecular complexity index is 469. The van der Waals surface area contributed by atoms with Gasteiger partial charge in [-0.05, 0) is 18.6 Å². The third kappa shape index (κ3) is 6.68. The minimum Gasteiger partial charge on any atom is -1.00 e. The Morgan fingerprint density at radius 1 is 1.04 bits per heavy atom. The van der Waals surface area contributed by atoms with Crippen LogP contribution in [0.3, 0.4) is 0 Å². The molecular weight excluding hydrogens is 399 g/mol. The summed E-state index contributed by atoms with van der Waals surface area (Å²) in [4.78, 5) is 0. The molecule has 0 spiro atoms. The number of phenols is 1. The summed E-state index contributed by atoms with van der Waals surface area (Å²) in [5.74, 6) is 1.12. The third-order valence-electron chi connectivity index (χ3n) is 3.48. The summed E-state index contributed by atoms with van der Waals surface area (Å²) in [5.41, 5.74) is 0.